The lowest BCUT2D eigenvalue weighted by Gasteiger charge is -2.04. The van der Waals surface area contributed by atoms with Gasteiger partial charge in [-0.05, 0) is 18.2 Å². The lowest BCUT2D eigenvalue weighted by Crippen LogP contribution is -2.03. The van der Waals surface area contributed by atoms with Crippen LogP contribution in [0.2, 0.25) is 5.02 Å². The second-order valence-electron chi connectivity index (χ2n) is 3.53. The molecule has 0 atom stereocenters. The van der Waals surface area contributed by atoms with Crippen LogP contribution in [0.15, 0.2) is 18.2 Å². The maximum Gasteiger partial charge on any atom is 0.445 e. The molecule has 2 aromatic rings. The van der Waals surface area contributed by atoms with E-state index in [1.807, 2.05) is 0 Å². The van der Waals surface area contributed by atoms with Crippen LogP contribution in [0.5, 0.6) is 0 Å². The number of rotatable bonds is 3. The van der Waals surface area contributed by atoms with Gasteiger partial charge >= 0.3 is 12.1 Å². The SMILES string of the molecule is O=C(O)c1cc(Nc2nnc(C(F)(F)F)s2)ccc1Cl. The summed E-state index contributed by atoms with van der Waals surface area (Å²) in [5, 5.41) is 16.6. The number of anilines is 2. The van der Waals surface area contributed by atoms with E-state index in [1.165, 1.54) is 18.2 Å². The zero-order valence-electron chi connectivity index (χ0n) is 9.40. The van der Waals surface area contributed by atoms with Gasteiger partial charge in [0.2, 0.25) is 10.1 Å². The van der Waals surface area contributed by atoms with Crippen LogP contribution >= 0.6 is 22.9 Å². The summed E-state index contributed by atoms with van der Waals surface area (Å²) >= 11 is 5.99. The highest BCUT2D eigenvalue weighted by molar-refractivity contribution is 7.15. The van der Waals surface area contributed by atoms with Crippen molar-refractivity contribution in [1.82, 2.24) is 10.2 Å². The number of benzene rings is 1. The van der Waals surface area contributed by atoms with Crippen LogP contribution in [0.3, 0.4) is 0 Å². The van der Waals surface area contributed by atoms with Crippen molar-refractivity contribution in [2.75, 3.05) is 5.32 Å². The fourth-order valence-electron chi connectivity index (χ4n) is 1.28. The smallest absolute Gasteiger partial charge is 0.445 e. The van der Waals surface area contributed by atoms with Gasteiger partial charge in [-0.1, -0.05) is 22.9 Å². The number of nitrogens with one attached hydrogen (secondary N) is 1. The number of alkyl halides is 3. The molecule has 0 aliphatic heterocycles. The Morgan fingerprint density at radius 2 is 2.05 bits per heavy atom. The number of hydrogen-bond donors (Lipinski definition) is 2. The lowest BCUT2D eigenvalue weighted by molar-refractivity contribution is -0.138. The molecule has 0 amide bonds. The number of aromatic carboxylic acids is 1. The Labute approximate surface area is 119 Å². The van der Waals surface area contributed by atoms with E-state index in [9.17, 15) is 18.0 Å². The van der Waals surface area contributed by atoms with Crippen molar-refractivity contribution in [2.45, 2.75) is 6.18 Å². The van der Waals surface area contributed by atoms with Gasteiger partial charge in [0.05, 0.1) is 10.6 Å². The summed E-state index contributed by atoms with van der Waals surface area (Å²) in [6.07, 6.45) is -4.57. The normalized spacial score (nSPS) is 11.4. The van der Waals surface area contributed by atoms with Crippen molar-refractivity contribution in [2.24, 2.45) is 0 Å². The van der Waals surface area contributed by atoms with Crippen molar-refractivity contribution in [3.63, 3.8) is 0 Å². The predicted molar refractivity (Wildman–Crippen MR) is 66.6 cm³/mol. The van der Waals surface area contributed by atoms with E-state index in [1.54, 1.807) is 0 Å². The van der Waals surface area contributed by atoms with Gasteiger partial charge in [-0.25, -0.2) is 4.79 Å². The molecule has 0 bridgehead atoms. The standard InChI is InChI=1S/C10H5ClF3N3O2S/c11-6-2-1-4(3-5(6)7(18)19)15-9-17-16-8(20-9)10(12,13)14/h1-3H,(H,15,17)(H,18,19). The summed E-state index contributed by atoms with van der Waals surface area (Å²) in [4.78, 5) is 10.9. The monoisotopic (exact) mass is 323 g/mol. The van der Waals surface area contributed by atoms with E-state index in [0.717, 1.165) is 0 Å². The number of carboxylic acids is 1. The van der Waals surface area contributed by atoms with Crippen LogP contribution in [0.25, 0.3) is 0 Å². The second kappa shape index (κ2) is 5.25. The third kappa shape index (κ3) is 3.17. The molecule has 10 heteroatoms. The quantitative estimate of drug-likeness (QED) is 0.901. The fraction of sp³-hybridized carbons (Fsp3) is 0.100. The molecule has 106 valence electrons. The van der Waals surface area contributed by atoms with Crippen molar-refractivity contribution >= 4 is 39.7 Å². The zero-order valence-corrected chi connectivity index (χ0v) is 11.0. The molecule has 1 aromatic carbocycles. The van der Waals surface area contributed by atoms with Gasteiger partial charge < -0.3 is 10.4 Å². The molecule has 1 aromatic heterocycles. The summed E-state index contributed by atoms with van der Waals surface area (Å²) in [5.74, 6) is -1.24. The minimum atomic E-state index is -4.57. The van der Waals surface area contributed by atoms with Gasteiger partial charge in [0, 0.05) is 5.69 Å². The van der Waals surface area contributed by atoms with Crippen LogP contribution < -0.4 is 5.32 Å². The molecular weight excluding hydrogens is 319 g/mol. The number of aromatic nitrogens is 2. The molecule has 2 rings (SSSR count). The van der Waals surface area contributed by atoms with Gasteiger partial charge in [-0.2, -0.15) is 13.2 Å². The Hall–Kier alpha value is -1.87. The number of halogens is 4. The summed E-state index contributed by atoms with van der Waals surface area (Å²) < 4.78 is 37.0. The maximum absolute atomic E-state index is 12.3. The molecule has 0 saturated carbocycles. The predicted octanol–water partition coefficient (Wildman–Crippen LogP) is 3.65. The van der Waals surface area contributed by atoms with Gasteiger partial charge in [-0.3, -0.25) is 0 Å². The van der Waals surface area contributed by atoms with E-state index >= 15 is 0 Å². The largest absolute Gasteiger partial charge is 0.478 e. The minimum absolute atomic E-state index is 0.0243. The Kier molecular flexibility index (Phi) is 3.82. The Bertz CT molecular complexity index is 659. The highest BCUT2D eigenvalue weighted by Crippen LogP contribution is 2.34. The van der Waals surface area contributed by atoms with E-state index in [0.29, 0.717) is 11.3 Å². The number of nitrogens with zero attached hydrogens (tertiary/aromatic N) is 2. The Morgan fingerprint density at radius 3 is 2.60 bits per heavy atom. The molecule has 0 spiro atoms. The van der Waals surface area contributed by atoms with Gasteiger partial charge in [-0.15, -0.1) is 10.2 Å². The highest BCUT2D eigenvalue weighted by Gasteiger charge is 2.35. The van der Waals surface area contributed by atoms with E-state index in [-0.39, 0.29) is 21.4 Å². The van der Waals surface area contributed by atoms with E-state index in [4.69, 9.17) is 16.7 Å². The first-order valence-corrected chi connectivity index (χ1v) is 6.17. The molecule has 20 heavy (non-hydrogen) atoms. The third-order valence-corrected chi connectivity index (χ3v) is 3.33. The van der Waals surface area contributed by atoms with Crippen molar-refractivity contribution in [3.05, 3.63) is 33.8 Å². The fourth-order valence-corrected chi connectivity index (χ4v) is 2.11. The summed E-state index contributed by atoms with van der Waals surface area (Å²) in [5.41, 5.74) is 0.0777. The van der Waals surface area contributed by atoms with Crippen molar-refractivity contribution < 1.29 is 23.1 Å². The van der Waals surface area contributed by atoms with Crippen LogP contribution in [0.1, 0.15) is 15.4 Å². The molecule has 0 unspecified atom stereocenters. The third-order valence-electron chi connectivity index (χ3n) is 2.12. The number of carbonyl (C=O) groups is 1. The van der Waals surface area contributed by atoms with Crippen LogP contribution in [0.4, 0.5) is 24.0 Å². The highest BCUT2D eigenvalue weighted by atomic mass is 35.5. The number of hydrogen-bond acceptors (Lipinski definition) is 5. The Balaban J connectivity index is 2.24. The molecule has 0 saturated heterocycles. The molecule has 0 aliphatic rings. The van der Waals surface area contributed by atoms with E-state index in [2.05, 4.69) is 15.5 Å². The van der Waals surface area contributed by atoms with Gasteiger partial charge in [0.25, 0.3) is 0 Å². The maximum atomic E-state index is 12.3. The van der Waals surface area contributed by atoms with Crippen molar-refractivity contribution in [1.29, 1.82) is 0 Å². The van der Waals surface area contributed by atoms with Crippen LogP contribution in [0, 0.1) is 0 Å². The Morgan fingerprint density at radius 1 is 1.35 bits per heavy atom. The molecule has 2 N–H and O–H groups in total. The summed E-state index contributed by atoms with van der Waals surface area (Å²) in [7, 11) is 0. The lowest BCUT2D eigenvalue weighted by atomic mass is 10.2. The van der Waals surface area contributed by atoms with Gasteiger partial charge in [0.1, 0.15) is 0 Å². The average Bonchev–Trinajstić information content (AvgIpc) is 2.79. The molecule has 5 nitrogen and oxygen atoms in total. The van der Waals surface area contributed by atoms with Crippen LogP contribution in [-0.4, -0.2) is 21.3 Å². The molecule has 0 radical (unpaired) electrons. The van der Waals surface area contributed by atoms with Gasteiger partial charge in [0.15, 0.2) is 0 Å². The first-order valence-electron chi connectivity index (χ1n) is 4.98. The minimum Gasteiger partial charge on any atom is -0.478 e. The zero-order chi connectivity index (χ0) is 14.9. The van der Waals surface area contributed by atoms with E-state index < -0.39 is 17.2 Å². The molecule has 0 aliphatic carbocycles. The second-order valence-corrected chi connectivity index (χ2v) is 4.92. The summed E-state index contributed by atoms with van der Waals surface area (Å²) in [6.45, 7) is 0. The summed E-state index contributed by atoms with van der Waals surface area (Å²) in [6, 6.07) is 3.93. The van der Waals surface area contributed by atoms with Crippen molar-refractivity contribution in [3.8, 4) is 0 Å². The number of carboxylic acid groups (broad SMARTS) is 1. The first-order chi connectivity index (χ1) is 9.27. The average molecular weight is 324 g/mol. The first kappa shape index (κ1) is 14.5. The molecular formula is C10H5ClF3N3O2S. The van der Waals surface area contributed by atoms with Crippen LogP contribution in [-0.2, 0) is 6.18 Å². The molecule has 1 heterocycles. The molecule has 0 fully saturated rings. The topological polar surface area (TPSA) is 75.1 Å².